The maximum Gasteiger partial charge on any atom is 0.326 e. The molecule has 1 aliphatic rings. The number of aromatic nitrogens is 1. The number of aliphatic hydroxyl groups is 3. The molecule has 1 aromatic carbocycles. The smallest absolute Gasteiger partial charge is 0.326 e. The molecule has 23 nitrogen and oxygen atoms in total. The van der Waals surface area contributed by atoms with Crippen LogP contribution in [0.15, 0.2) is 30.5 Å². The normalized spacial score (nSPS) is 17.6. The number of aliphatic carboxylic acids is 1. The summed E-state index contributed by atoms with van der Waals surface area (Å²) in [5.41, 5.74) is 8.07. The maximum atomic E-state index is 14.2. The van der Waals surface area contributed by atoms with Gasteiger partial charge in [0.05, 0.1) is 31.4 Å². The van der Waals surface area contributed by atoms with Gasteiger partial charge < -0.3 is 73.3 Å². The Morgan fingerprint density at radius 3 is 1.77 bits per heavy atom. The van der Waals surface area contributed by atoms with Gasteiger partial charge in [-0.05, 0) is 81.8 Å². The van der Waals surface area contributed by atoms with Crippen molar-refractivity contribution in [1.82, 2.24) is 47.1 Å². The number of aliphatic hydroxyl groups excluding tert-OH is 3. The second-order valence-electron chi connectivity index (χ2n) is 19.2. The summed E-state index contributed by atoms with van der Waals surface area (Å²) in [6.45, 7) is 11.6. The highest BCUT2D eigenvalue weighted by Crippen LogP contribution is 2.22. The summed E-state index contributed by atoms with van der Waals surface area (Å²) in [5, 5.41) is 58.0. The lowest BCUT2D eigenvalue weighted by molar-refractivity contribution is -0.143. The molecule has 0 radical (unpaired) electrons. The summed E-state index contributed by atoms with van der Waals surface area (Å²) in [7, 11) is 0. The van der Waals surface area contributed by atoms with Crippen molar-refractivity contribution in [2.24, 2.45) is 23.5 Å². The molecule has 14 N–H and O–H groups in total. The van der Waals surface area contributed by atoms with Crippen molar-refractivity contribution in [2.45, 2.75) is 154 Å². The van der Waals surface area contributed by atoms with Crippen molar-refractivity contribution in [3.05, 3.63) is 36.0 Å². The molecule has 390 valence electrons. The van der Waals surface area contributed by atoms with Gasteiger partial charge >= 0.3 is 5.97 Å². The minimum Gasteiger partial charge on any atom is -0.480 e. The molecule has 0 bridgehead atoms. The summed E-state index contributed by atoms with van der Waals surface area (Å²) >= 11 is 0. The zero-order chi connectivity index (χ0) is 52.6. The number of carboxylic acid groups (broad SMARTS) is 1. The van der Waals surface area contributed by atoms with E-state index in [1.54, 1.807) is 20.0 Å². The van der Waals surface area contributed by atoms with Gasteiger partial charge in [0, 0.05) is 23.6 Å². The Hall–Kier alpha value is -6.17. The highest BCUT2D eigenvalue weighted by atomic mass is 16.4. The van der Waals surface area contributed by atoms with Crippen LogP contribution >= 0.6 is 0 Å². The predicted octanol–water partition coefficient (Wildman–Crippen LogP) is -1.97. The summed E-state index contributed by atoms with van der Waals surface area (Å²) in [5.74, 6) is -8.32. The summed E-state index contributed by atoms with van der Waals surface area (Å²) < 4.78 is 0. The lowest BCUT2D eigenvalue weighted by Crippen LogP contribution is -2.62. The van der Waals surface area contributed by atoms with Crippen molar-refractivity contribution >= 4 is 64.1 Å². The van der Waals surface area contributed by atoms with Gasteiger partial charge in [0.2, 0.25) is 47.3 Å². The van der Waals surface area contributed by atoms with Crippen molar-refractivity contribution in [3.63, 3.8) is 0 Å². The number of carbonyl (C=O) groups excluding carboxylic acids is 8. The third-order valence-electron chi connectivity index (χ3n) is 11.7. The van der Waals surface area contributed by atoms with Crippen molar-refractivity contribution in [3.8, 4) is 0 Å². The van der Waals surface area contributed by atoms with Crippen LogP contribution in [0.2, 0.25) is 0 Å². The molecule has 8 amide bonds. The molecule has 1 fully saturated rings. The fraction of sp³-hybridized carbons (Fsp3) is 0.638. The van der Waals surface area contributed by atoms with Gasteiger partial charge in [-0.25, -0.2) is 4.79 Å². The Kier molecular flexibility index (Phi) is 22.7. The number of benzene rings is 1. The largest absolute Gasteiger partial charge is 0.480 e. The van der Waals surface area contributed by atoms with Crippen LogP contribution in [0, 0.1) is 17.8 Å². The molecule has 0 saturated carbocycles. The Bertz CT molecular complexity index is 2140. The molecule has 0 unspecified atom stereocenters. The molecular formula is C47H74N10O13. The average Bonchev–Trinajstić information content (AvgIpc) is 3.94. The number of rotatable bonds is 27. The van der Waals surface area contributed by atoms with E-state index in [0.717, 1.165) is 30.3 Å². The number of fused-ring (bicyclic) bond motifs is 1. The Morgan fingerprint density at radius 2 is 1.20 bits per heavy atom. The van der Waals surface area contributed by atoms with Crippen molar-refractivity contribution in [2.75, 3.05) is 19.7 Å². The number of H-pyrrole nitrogens is 1. The lowest BCUT2D eigenvalue weighted by atomic mass is 9.99. The first-order chi connectivity index (χ1) is 32.8. The van der Waals surface area contributed by atoms with Crippen LogP contribution in [-0.4, -0.2) is 164 Å². The van der Waals surface area contributed by atoms with E-state index in [-0.39, 0.29) is 56.4 Å². The molecule has 2 heterocycles. The van der Waals surface area contributed by atoms with Crippen LogP contribution in [0.3, 0.4) is 0 Å². The highest BCUT2D eigenvalue weighted by molar-refractivity contribution is 5.98. The van der Waals surface area contributed by atoms with E-state index in [4.69, 9.17) is 5.73 Å². The number of hydrogen-bond donors (Lipinski definition) is 13. The first kappa shape index (κ1) is 58.1. The number of nitrogens with one attached hydrogen (secondary N) is 8. The van der Waals surface area contributed by atoms with Crippen LogP contribution in [0.25, 0.3) is 10.9 Å². The Balaban J connectivity index is 1.63. The Labute approximate surface area is 407 Å². The van der Waals surface area contributed by atoms with E-state index in [1.165, 1.54) is 4.90 Å². The van der Waals surface area contributed by atoms with Crippen molar-refractivity contribution < 1.29 is 63.6 Å². The fourth-order valence-corrected chi connectivity index (χ4v) is 8.06. The molecule has 1 aromatic heterocycles. The number of carboxylic acids is 1. The molecule has 1 aliphatic heterocycles. The molecular weight excluding hydrogens is 913 g/mol. The van der Waals surface area contributed by atoms with Gasteiger partial charge in [-0.15, -0.1) is 0 Å². The van der Waals surface area contributed by atoms with Gasteiger partial charge in [-0.3, -0.25) is 38.4 Å². The zero-order valence-corrected chi connectivity index (χ0v) is 41.2. The van der Waals surface area contributed by atoms with Crippen LogP contribution < -0.4 is 43.0 Å². The monoisotopic (exact) mass is 987 g/mol. The first-order valence-electron chi connectivity index (χ1n) is 23.7. The Morgan fingerprint density at radius 1 is 0.686 bits per heavy atom. The zero-order valence-electron chi connectivity index (χ0n) is 41.2. The highest BCUT2D eigenvalue weighted by Gasteiger charge is 2.40. The van der Waals surface area contributed by atoms with E-state index >= 15 is 0 Å². The molecule has 3 rings (SSSR count). The first-order valence-corrected chi connectivity index (χ1v) is 23.7. The van der Waals surface area contributed by atoms with E-state index in [0.29, 0.717) is 6.42 Å². The number of hydrogen-bond acceptors (Lipinski definition) is 13. The number of nitrogens with zero attached hydrogens (tertiary/aromatic N) is 1. The van der Waals surface area contributed by atoms with Crippen LogP contribution in [-0.2, 0) is 49.6 Å². The number of amides is 8. The second-order valence-corrected chi connectivity index (χ2v) is 19.2. The third kappa shape index (κ3) is 17.4. The molecule has 70 heavy (non-hydrogen) atoms. The van der Waals surface area contributed by atoms with Crippen LogP contribution in [0.5, 0.6) is 0 Å². The topological polar surface area (TPSA) is 364 Å². The van der Waals surface area contributed by atoms with Crippen LogP contribution in [0.4, 0.5) is 0 Å². The van der Waals surface area contributed by atoms with Gasteiger partial charge in [0.15, 0.2) is 0 Å². The number of nitrogens with two attached hydrogens (primary N) is 1. The van der Waals surface area contributed by atoms with Crippen LogP contribution in [0.1, 0.15) is 93.1 Å². The number of para-hydroxylation sites is 1. The minimum atomic E-state index is -1.78. The molecule has 0 aliphatic carbocycles. The van der Waals surface area contributed by atoms with E-state index < -0.39 is 127 Å². The molecule has 1 saturated heterocycles. The standard InChI is InChI=1S/C47H74N10O13/c1-23(2)16-32(51-40(62)30(48)19-28-20-49-31-13-10-9-12-29(28)31)41(63)52-33(17-24(3)4)46(68)57-15-11-14-36(57)43(65)50-21-37(61)55-38(26(7)59)44(66)54-35(22-58)42(64)56-39(27(8)60)45(67)53-34(47(69)70)18-25(5)6/h9-10,12-13,20,23-27,30,32-36,38-39,49,58-60H,11,14-19,21-22,48H2,1-8H3,(H,50,65)(H,51,62)(H,52,63)(H,53,67)(H,54,66)(H,55,61)(H,56,64)(H,69,70)/t26-,27-,30+,32+,33+,34+,35+,36+,38+,39+/m1/s1. The third-order valence-corrected chi connectivity index (χ3v) is 11.7. The van der Waals surface area contributed by atoms with Gasteiger partial charge in [-0.1, -0.05) is 59.7 Å². The molecule has 0 spiro atoms. The molecule has 23 heteroatoms. The molecule has 2 aromatic rings. The van der Waals surface area contributed by atoms with E-state index in [9.17, 15) is 63.6 Å². The quantitative estimate of drug-likeness (QED) is 0.0462. The summed E-state index contributed by atoms with van der Waals surface area (Å²) in [6, 6.07) is -3.12. The van der Waals surface area contributed by atoms with Gasteiger partial charge in [0.1, 0.15) is 42.3 Å². The minimum absolute atomic E-state index is 0.0361. The van der Waals surface area contributed by atoms with Gasteiger partial charge in [-0.2, -0.15) is 0 Å². The lowest BCUT2D eigenvalue weighted by Gasteiger charge is -2.31. The number of carbonyl (C=O) groups is 9. The molecule has 10 atom stereocenters. The maximum absolute atomic E-state index is 14.2. The number of likely N-dealkylation sites (tertiary alicyclic amines) is 1. The predicted molar refractivity (Wildman–Crippen MR) is 256 cm³/mol. The van der Waals surface area contributed by atoms with Gasteiger partial charge in [0.25, 0.3) is 0 Å². The van der Waals surface area contributed by atoms with E-state index in [2.05, 4.69) is 42.2 Å². The van der Waals surface area contributed by atoms with Crippen molar-refractivity contribution in [1.29, 1.82) is 0 Å². The SMILES string of the molecule is CC(C)C[C@H](NC(=O)[C@@H](NC(=O)[C@H](CO)NC(=O)[C@@H](NC(=O)CNC(=O)[C@@H]1CCCN1C(=O)[C@H](CC(C)C)NC(=O)[C@H](CC(C)C)NC(=O)[C@@H](N)Cc1c[nH]c2ccccc12)[C@@H](C)O)[C@@H](C)O)C(=O)O. The fourth-order valence-electron chi connectivity index (χ4n) is 8.06. The van der Waals surface area contributed by atoms with E-state index in [1.807, 2.05) is 52.0 Å². The summed E-state index contributed by atoms with van der Waals surface area (Å²) in [4.78, 5) is 124. The average molecular weight is 987 g/mol. The number of aromatic amines is 1. The summed E-state index contributed by atoms with van der Waals surface area (Å²) in [6.07, 6.45) is -0.0121. The second kappa shape index (κ2) is 27.3.